The number of hydrogen-bond donors (Lipinski definition) is 1. The number of rotatable bonds is 3. The number of aromatic nitrogens is 1. The number of halogens is 1. The van der Waals surface area contributed by atoms with E-state index in [4.69, 9.17) is 0 Å². The van der Waals surface area contributed by atoms with E-state index in [1.54, 1.807) is 0 Å². The summed E-state index contributed by atoms with van der Waals surface area (Å²) in [5.41, 5.74) is 0.327. The van der Waals surface area contributed by atoms with Crippen LogP contribution in [0.1, 0.15) is 44.0 Å². The van der Waals surface area contributed by atoms with Crippen molar-refractivity contribution in [3.8, 4) is 0 Å². The highest BCUT2D eigenvalue weighted by Gasteiger charge is 2.30. The molecule has 4 nitrogen and oxygen atoms in total. The summed E-state index contributed by atoms with van der Waals surface area (Å²) in [6.45, 7) is 7.50. The first-order valence-electron chi connectivity index (χ1n) is 7.25. The monoisotopic (exact) mass is 279 g/mol. The van der Waals surface area contributed by atoms with E-state index in [0.29, 0.717) is 23.8 Å². The number of nitrogens with one attached hydrogen (secondary N) is 1. The Bertz CT molecular complexity index is 492. The Labute approximate surface area is 119 Å². The predicted octanol–water partition coefficient (Wildman–Crippen LogP) is 2.91. The van der Waals surface area contributed by atoms with Crippen molar-refractivity contribution in [2.24, 2.45) is 5.92 Å². The molecule has 5 heteroatoms. The van der Waals surface area contributed by atoms with Crippen LogP contribution in [-0.2, 0) is 0 Å². The molecule has 0 aliphatic carbocycles. The molecule has 0 aromatic carbocycles. The van der Waals surface area contributed by atoms with Crippen LogP contribution in [0.2, 0.25) is 0 Å². The molecule has 1 saturated heterocycles. The molecular weight excluding hydrogens is 257 g/mol. The van der Waals surface area contributed by atoms with Gasteiger partial charge in [-0.15, -0.1) is 0 Å². The van der Waals surface area contributed by atoms with Crippen LogP contribution in [0.3, 0.4) is 0 Å². The van der Waals surface area contributed by atoms with Gasteiger partial charge in [-0.1, -0.05) is 6.92 Å². The van der Waals surface area contributed by atoms with Gasteiger partial charge in [0.05, 0.1) is 11.8 Å². The van der Waals surface area contributed by atoms with Crippen LogP contribution in [0, 0.1) is 11.7 Å². The number of nitrogens with zero attached hydrogens (tertiary/aromatic N) is 2. The van der Waals surface area contributed by atoms with Crippen molar-refractivity contribution in [3.05, 3.63) is 23.6 Å². The molecule has 1 aliphatic rings. The molecule has 1 aromatic rings. The third-order valence-corrected chi connectivity index (χ3v) is 4.06. The van der Waals surface area contributed by atoms with E-state index in [0.717, 1.165) is 25.6 Å². The van der Waals surface area contributed by atoms with Gasteiger partial charge in [0, 0.05) is 19.1 Å². The van der Waals surface area contributed by atoms with Gasteiger partial charge < -0.3 is 10.2 Å². The lowest BCUT2D eigenvalue weighted by atomic mass is 9.91. The minimum Gasteiger partial charge on any atom is -0.370 e. The van der Waals surface area contributed by atoms with Crippen LogP contribution in [0.15, 0.2) is 12.3 Å². The zero-order chi connectivity index (χ0) is 14.7. The molecule has 2 rings (SSSR count). The second kappa shape index (κ2) is 6.20. The first-order chi connectivity index (χ1) is 9.54. The smallest absolute Gasteiger partial charge is 0.257 e. The number of piperidine rings is 1. The summed E-state index contributed by atoms with van der Waals surface area (Å²) in [6.07, 6.45) is 3.26. The zero-order valence-corrected chi connectivity index (χ0v) is 12.3. The van der Waals surface area contributed by atoms with E-state index in [9.17, 15) is 9.18 Å². The summed E-state index contributed by atoms with van der Waals surface area (Å²) in [5, 5.41) is 3.02. The summed E-state index contributed by atoms with van der Waals surface area (Å²) in [7, 11) is 0. The number of amides is 1. The summed E-state index contributed by atoms with van der Waals surface area (Å²) in [5.74, 6) is 0.320. The molecule has 0 saturated carbocycles. The quantitative estimate of drug-likeness (QED) is 0.925. The Morgan fingerprint density at radius 1 is 1.55 bits per heavy atom. The normalized spacial score (nSPS) is 22.7. The maximum atomic E-state index is 13.4. The molecule has 2 unspecified atom stereocenters. The van der Waals surface area contributed by atoms with Crippen molar-refractivity contribution in [1.29, 1.82) is 0 Å². The van der Waals surface area contributed by atoms with E-state index in [1.807, 2.05) is 11.8 Å². The van der Waals surface area contributed by atoms with Crippen LogP contribution < -0.4 is 5.32 Å². The molecule has 1 aromatic heterocycles. The van der Waals surface area contributed by atoms with Crippen molar-refractivity contribution in [1.82, 2.24) is 9.88 Å². The van der Waals surface area contributed by atoms with Crippen LogP contribution in [-0.4, -0.2) is 34.9 Å². The lowest BCUT2D eigenvalue weighted by Crippen LogP contribution is -2.46. The molecule has 0 bridgehead atoms. The van der Waals surface area contributed by atoms with Gasteiger partial charge in [0.1, 0.15) is 11.6 Å². The van der Waals surface area contributed by atoms with Crippen molar-refractivity contribution in [2.45, 2.75) is 39.7 Å². The summed E-state index contributed by atoms with van der Waals surface area (Å²) in [6, 6.07) is 1.45. The fourth-order valence-electron chi connectivity index (χ4n) is 2.69. The van der Waals surface area contributed by atoms with E-state index < -0.39 is 5.82 Å². The number of likely N-dealkylation sites (tertiary alicyclic amines) is 1. The molecule has 0 radical (unpaired) electrons. The third-order valence-electron chi connectivity index (χ3n) is 4.06. The molecule has 1 N–H and O–H groups in total. The molecule has 1 aliphatic heterocycles. The van der Waals surface area contributed by atoms with Crippen LogP contribution in [0.4, 0.5) is 10.2 Å². The standard InChI is InChI=1S/C15H22FN3O/c1-4-17-14-13(8-12(16)9-18-14)15(20)19-7-5-6-10(2)11(19)3/h8-11H,4-7H2,1-3H3,(H,17,18). The molecule has 1 amide bonds. The molecule has 110 valence electrons. The van der Waals surface area contributed by atoms with Crippen LogP contribution in [0.25, 0.3) is 0 Å². The highest BCUT2D eigenvalue weighted by molar-refractivity contribution is 5.99. The topological polar surface area (TPSA) is 45.2 Å². The fraction of sp³-hybridized carbons (Fsp3) is 0.600. The Morgan fingerprint density at radius 2 is 2.30 bits per heavy atom. The van der Waals surface area contributed by atoms with Crippen LogP contribution >= 0.6 is 0 Å². The summed E-state index contributed by atoms with van der Waals surface area (Å²) in [4.78, 5) is 18.5. The highest BCUT2D eigenvalue weighted by Crippen LogP contribution is 2.26. The number of hydrogen-bond acceptors (Lipinski definition) is 3. The second-order valence-corrected chi connectivity index (χ2v) is 5.44. The van der Waals surface area contributed by atoms with Crippen molar-refractivity contribution < 1.29 is 9.18 Å². The van der Waals surface area contributed by atoms with Gasteiger partial charge in [0.25, 0.3) is 5.91 Å². The first-order valence-corrected chi connectivity index (χ1v) is 7.25. The largest absolute Gasteiger partial charge is 0.370 e. The number of carbonyl (C=O) groups is 1. The van der Waals surface area contributed by atoms with E-state index in [-0.39, 0.29) is 11.9 Å². The SMILES string of the molecule is CCNc1ncc(F)cc1C(=O)N1CCCC(C)C1C. The Kier molecular flexibility index (Phi) is 4.57. The van der Waals surface area contributed by atoms with Gasteiger partial charge in [-0.2, -0.15) is 0 Å². The molecule has 2 atom stereocenters. The second-order valence-electron chi connectivity index (χ2n) is 5.44. The average molecular weight is 279 g/mol. The Morgan fingerprint density at radius 3 is 3.00 bits per heavy atom. The van der Waals surface area contributed by atoms with Gasteiger partial charge in [-0.05, 0) is 38.7 Å². The van der Waals surface area contributed by atoms with Gasteiger partial charge in [0.15, 0.2) is 0 Å². The highest BCUT2D eigenvalue weighted by atomic mass is 19.1. The zero-order valence-electron chi connectivity index (χ0n) is 12.3. The van der Waals surface area contributed by atoms with E-state index >= 15 is 0 Å². The maximum Gasteiger partial charge on any atom is 0.257 e. The molecule has 1 fully saturated rings. The predicted molar refractivity (Wildman–Crippen MR) is 77.3 cm³/mol. The molecular formula is C15H22FN3O. The van der Waals surface area contributed by atoms with Crippen molar-refractivity contribution in [2.75, 3.05) is 18.4 Å². The van der Waals surface area contributed by atoms with Gasteiger partial charge in [-0.25, -0.2) is 9.37 Å². The number of anilines is 1. The maximum absolute atomic E-state index is 13.4. The van der Waals surface area contributed by atoms with Crippen molar-refractivity contribution in [3.63, 3.8) is 0 Å². The summed E-state index contributed by atoms with van der Waals surface area (Å²) >= 11 is 0. The molecule has 0 spiro atoms. The number of pyridine rings is 1. The summed E-state index contributed by atoms with van der Waals surface area (Å²) < 4.78 is 13.4. The third kappa shape index (κ3) is 2.92. The molecule has 20 heavy (non-hydrogen) atoms. The lowest BCUT2D eigenvalue weighted by molar-refractivity contribution is 0.0551. The van der Waals surface area contributed by atoms with Gasteiger partial charge in [-0.3, -0.25) is 4.79 Å². The van der Waals surface area contributed by atoms with Crippen LogP contribution in [0.5, 0.6) is 0 Å². The van der Waals surface area contributed by atoms with Crippen molar-refractivity contribution >= 4 is 11.7 Å². The minimum absolute atomic E-state index is 0.132. The molecule has 2 heterocycles. The fourth-order valence-corrected chi connectivity index (χ4v) is 2.69. The van der Waals surface area contributed by atoms with Gasteiger partial charge >= 0.3 is 0 Å². The Hall–Kier alpha value is -1.65. The Balaban J connectivity index is 2.30. The van der Waals surface area contributed by atoms with E-state index in [2.05, 4.69) is 24.1 Å². The van der Waals surface area contributed by atoms with E-state index in [1.165, 1.54) is 6.07 Å². The average Bonchev–Trinajstić information content (AvgIpc) is 2.43. The van der Waals surface area contributed by atoms with Gasteiger partial charge in [0.2, 0.25) is 0 Å². The number of carbonyl (C=O) groups excluding carboxylic acids is 1. The first kappa shape index (κ1) is 14.8. The lowest BCUT2D eigenvalue weighted by Gasteiger charge is -2.38. The minimum atomic E-state index is -0.479.